The van der Waals surface area contributed by atoms with E-state index in [1.165, 1.54) is 12.3 Å². The van der Waals surface area contributed by atoms with Crippen LogP contribution in [-0.4, -0.2) is 37.1 Å². The molecule has 3 aromatic rings. The third-order valence-electron chi connectivity index (χ3n) is 3.94. The van der Waals surface area contributed by atoms with E-state index in [0.29, 0.717) is 30.2 Å². The van der Waals surface area contributed by atoms with Crippen LogP contribution < -0.4 is 15.4 Å². The van der Waals surface area contributed by atoms with Crippen molar-refractivity contribution in [2.75, 3.05) is 25.6 Å². The van der Waals surface area contributed by atoms with Gasteiger partial charge in [0.15, 0.2) is 0 Å². The highest BCUT2D eigenvalue weighted by Gasteiger charge is 2.12. The molecule has 2 aromatic carbocycles. The zero-order valence-electron chi connectivity index (χ0n) is 15.9. The highest BCUT2D eigenvalue weighted by Crippen LogP contribution is 2.22. The number of nitrogens with zero attached hydrogens (tertiary/aromatic N) is 1. The second kappa shape index (κ2) is 10.0. The number of methoxy groups -OCH3 is 1. The van der Waals surface area contributed by atoms with Crippen LogP contribution in [0.25, 0.3) is 0 Å². The van der Waals surface area contributed by atoms with Crippen LogP contribution in [0.15, 0.2) is 72.9 Å². The van der Waals surface area contributed by atoms with E-state index in [1.54, 1.807) is 37.4 Å². The number of hydrogen-bond donors (Lipinski definition) is 2. The van der Waals surface area contributed by atoms with Crippen LogP contribution >= 0.6 is 0 Å². The van der Waals surface area contributed by atoms with Gasteiger partial charge in [0.25, 0.3) is 11.8 Å². The smallest absolute Gasteiger partial charge is 0.274 e. The lowest BCUT2D eigenvalue weighted by atomic mass is 10.2. The fourth-order valence-corrected chi connectivity index (χ4v) is 2.49. The Labute approximate surface area is 168 Å². The topological polar surface area (TPSA) is 89.5 Å². The average molecular weight is 391 g/mol. The second-order valence-corrected chi connectivity index (χ2v) is 6.07. The molecule has 0 atom stereocenters. The molecule has 0 bridgehead atoms. The summed E-state index contributed by atoms with van der Waals surface area (Å²) < 4.78 is 10.6. The van der Waals surface area contributed by atoms with Gasteiger partial charge in [-0.25, -0.2) is 0 Å². The molecule has 7 nitrogen and oxygen atoms in total. The summed E-state index contributed by atoms with van der Waals surface area (Å²) in [5.74, 6) is 0.685. The number of pyridine rings is 1. The maximum atomic E-state index is 12.5. The Balaban J connectivity index is 1.61. The summed E-state index contributed by atoms with van der Waals surface area (Å²) in [7, 11) is 1.56. The summed E-state index contributed by atoms with van der Waals surface area (Å²) in [6, 6.07) is 19.4. The molecule has 1 aromatic heterocycles. The molecule has 0 spiro atoms. The summed E-state index contributed by atoms with van der Waals surface area (Å²) >= 11 is 0. The standard InChI is InChI=1S/C22H21N3O4/c1-28-14-13-24-21(26)16-11-12-23-20(15-16)22(27)25-17-7-9-19(10-8-17)29-18-5-3-2-4-6-18/h2-12,15H,13-14H2,1H3,(H,24,26)(H,25,27). The lowest BCUT2D eigenvalue weighted by Crippen LogP contribution is -2.27. The van der Waals surface area contributed by atoms with Crippen LogP contribution in [0.1, 0.15) is 20.8 Å². The van der Waals surface area contributed by atoms with Crippen molar-refractivity contribution in [1.82, 2.24) is 10.3 Å². The van der Waals surface area contributed by atoms with Gasteiger partial charge in [-0.2, -0.15) is 0 Å². The van der Waals surface area contributed by atoms with Crippen LogP contribution in [0.4, 0.5) is 5.69 Å². The first-order valence-corrected chi connectivity index (χ1v) is 9.03. The number of aromatic nitrogens is 1. The quantitative estimate of drug-likeness (QED) is 0.574. The number of anilines is 1. The lowest BCUT2D eigenvalue weighted by molar-refractivity contribution is 0.0937. The van der Waals surface area contributed by atoms with Crippen molar-refractivity contribution in [1.29, 1.82) is 0 Å². The largest absolute Gasteiger partial charge is 0.457 e. The normalized spacial score (nSPS) is 10.2. The van der Waals surface area contributed by atoms with E-state index < -0.39 is 5.91 Å². The molecule has 0 saturated heterocycles. The predicted molar refractivity (Wildman–Crippen MR) is 109 cm³/mol. The van der Waals surface area contributed by atoms with Crippen LogP contribution in [0.2, 0.25) is 0 Å². The average Bonchev–Trinajstić information content (AvgIpc) is 2.76. The number of amides is 2. The summed E-state index contributed by atoms with van der Waals surface area (Å²) in [6.07, 6.45) is 1.43. The maximum absolute atomic E-state index is 12.5. The minimum atomic E-state index is -0.409. The number of para-hydroxylation sites is 1. The molecule has 2 N–H and O–H groups in total. The molecule has 3 rings (SSSR count). The molecule has 148 valence electrons. The van der Waals surface area contributed by atoms with E-state index in [4.69, 9.17) is 9.47 Å². The van der Waals surface area contributed by atoms with Crippen LogP contribution in [0.5, 0.6) is 11.5 Å². The van der Waals surface area contributed by atoms with E-state index in [0.717, 1.165) is 5.75 Å². The first kappa shape index (κ1) is 20.0. The maximum Gasteiger partial charge on any atom is 0.274 e. The Kier molecular flexibility index (Phi) is 6.91. The highest BCUT2D eigenvalue weighted by molar-refractivity contribution is 6.04. The van der Waals surface area contributed by atoms with E-state index in [2.05, 4.69) is 15.6 Å². The monoisotopic (exact) mass is 391 g/mol. The number of ether oxygens (including phenoxy) is 2. The lowest BCUT2D eigenvalue weighted by Gasteiger charge is -2.09. The zero-order chi connectivity index (χ0) is 20.5. The first-order chi connectivity index (χ1) is 14.2. The van der Waals surface area contributed by atoms with Crippen LogP contribution in [0, 0.1) is 0 Å². The van der Waals surface area contributed by atoms with Crippen LogP contribution in [-0.2, 0) is 4.74 Å². The fourth-order valence-electron chi connectivity index (χ4n) is 2.49. The van der Waals surface area contributed by atoms with Crippen molar-refractivity contribution < 1.29 is 19.1 Å². The number of rotatable bonds is 8. The number of benzene rings is 2. The minimum absolute atomic E-state index is 0.147. The van der Waals surface area contributed by atoms with E-state index in [1.807, 2.05) is 30.3 Å². The van der Waals surface area contributed by atoms with Gasteiger partial charge in [0.2, 0.25) is 0 Å². The Hall–Kier alpha value is -3.71. The zero-order valence-corrected chi connectivity index (χ0v) is 15.9. The van der Waals surface area contributed by atoms with Crippen molar-refractivity contribution in [3.8, 4) is 11.5 Å². The van der Waals surface area contributed by atoms with Crippen molar-refractivity contribution in [3.05, 3.63) is 84.2 Å². The Morgan fingerprint density at radius 1 is 0.931 bits per heavy atom. The summed E-state index contributed by atoms with van der Waals surface area (Å²) in [6.45, 7) is 0.796. The third kappa shape index (κ3) is 5.88. The molecule has 29 heavy (non-hydrogen) atoms. The molecular formula is C22H21N3O4. The van der Waals surface area contributed by atoms with Gasteiger partial charge >= 0.3 is 0 Å². The van der Waals surface area contributed by atoms with Gasteiger partial charge in [-0.15, -0.1) is 0 Å². The molecule has 0 aliphatic carbocycles. The van der Waals surface area contributed by atoms with Gasteiger partial charge in [-0.3, -0.25) is 14.6 Å². The van der Waals surface area contributed by atoms with Gasteiger partial charge in [0, 0.05) is 31.1 Å². The number of carbonyl (C=O) groups excluding carboxylic acids is 2. The Morgan fingerprint density at radius 2 is 1.66 bits per heavy atom. The number of nitrogens with one attached hydrogen (secondary N) is 2. The van der Waals surface area contributed by atoms with Gasteiger partial charge in [0.05, 0.1) is 6.61 Å². The predicted octanol–water partition coefficient (Wildman–Crippen LogP) is 3.50. The summed E-state index contributed by atoms with van der Waals surface area (Å²) in [5, 5.41) is 5.46. The van der Waals surface area contributed by atoms with Gasteiger partial charge in [-0.05, 0) is 48.5 Å². The molecule has 2 amide bonds. The summed E-state index contributed by atoms with van der Waals surface area (Å²) in [4.78, 5) is 28.6. The van der Waals surface area contributed by atoms with Crippen LogP contribution in [0.3, 0.4) is 0 Å². The minimum Gasteiger partial charge on any atom is -0.457 e. The van der Waals surface area contributed by atoms with Crippen molar-refractivity contribution in [2.45, 2.75) is 0 Å². The molecule has 0 fully saturated rings. The molecule has 1 heterocycles. The third-order valence-corrected chi connectivity index (χ3v) is 3.94. The SMILES string of the molecule is COCCNC(=O)c1ccnc(C(=O)Nc2ccc(Oc3ccccc3)cc2)c1. The Morgan fingerprint density at radius 3 is 2.38 bits per heavy atom. The van der Waals surface area contributed by atoms with Gasteiger partial charge in [-0.1, -0.05) is 18.2 Å². The van der Waals surface area contributed by atoms with Crippen molar-refractivity contribution in [2.24, 2.45) is 0 Å². The van der Waals surface area contributed by atoms with E-state index in [-0.39, 0.29) is 11.6 Å². The van der Waals surface area contributed by atoms with Crippen molar-refractivity contribution in [3.63, 3.8) is 0 Å². The molecule has 0 unspecified atom stereocenters. The fraction of sp³-hybridized carbons (Fsp3) is 0.136. The first-order valence-electron chi connectivity index (χ1n) is 9.03. The molecule has 0 radical (unpaired) electrons. The molecule has 0 aliphatic heterocycles. The number of hydrogen-bond acceptors (Lipinski definition) is 5. The number of carbonyl (C=O) groups is 2. The Bertz CT molecular complexity index is 959. The van der Waals surface area contributed by atoms with Gasteiger partial charge < -0.3 is 20.1 Å². The van der Waals surface area contributed by atoms with Gasteiger partial charge in [0.1, 0.15) is 17.2 Å². The van der Waals surface area contributed by atoms with E-state index in [9.17, 15) is 9.59 Å². The molecule has 7 heteroatoms. The second-order valence-electron chi connectivity index (χ2n) is 6.07. The van der Waals surface area contributed by atoms with E-state index >= 15 is 0 Å². The molecular weight excluding hydrogens is 370 g/mol. The van der Waals surface area contributed by atoms with Crippen molar-refractivity contribution >= 4 is 17.5 Å². The molecule has 0 aliphatic rings. The summed E-state index contributed by atoms with van der Waals surface area (Å²) in [5.41, 5.74) is 1.09. The molecule has 0 saturated carbocycles. The highest BCUT2D eigenvalue weighted by atomic mass is 16.5.